The monoisotopic (exact) mass is 416 g/mol. The Morgan fingerprint density at radius 1 is 1.19 bits per heavy atom. The Kier molecular flexibility index (Phi) is 5.60. The minimum atomic E-state index is -0.203. The van der Waals surface area contributed by atoms with Crippen LogP contribution in [-0.4, -0.2) is 20.4 Å². The Labute approximate surface area is 142 Å². The van der Waals surface area contributed by atoms with Crippen molar-refractivity contribution >= 4 is 31.9 Å². The second-order valence-electron chi connectivity index (χ2n) is 5.32. The third-order valence-corrected chi connectivity index (χ3v) is 5.92. The first kappa shape index (κ1) is 16.7. The van der Waals surface area contributed by atoms with Crippen LogP contribution in [0.3, 0.4) is 0 Å². The van der Waals surface area contributed by atoms with Crippen LogP contribution in [0.1, 0.15) is 23.9 Å². The van der Waals surface area contributed by atoms with Crippen molar-refractivity contribution in [3.63, 3.8) is 0 Å². The van der Waals surface area contributed by atoms with Gasteiger partial charge in [-0.05, 0) is 37.6 Å². The zero-order valence-corrected chi connectivity index (χ0v) is 15.4. The average Bonchev–Trinajstić information content (AvgIpc) is 2.85. The van der Waals surface area contributed by atoms with E-state index < -0.39 is 0 Å². The third-order valence-electron chi connectivity index (χ3n) is 3.77. The van der Waals surface area contributed by atoms with Gasteiger partial charge in [0.05, 0.1) is 5.69 Å². The Balaban J connectivity index is 2.40. The summed E-state index contributed by atoms with van der Waals surface area (Å²) in [5.41, 5.74) is 3.24. The summed E-state index contributed by atoms with van der Waals surface area (Å²) in [4.78, 5) is 0. The number of hydrogen-bond acceptors (Lipinski definition) is 1. The van der Waals surface area contributed by atoms with Crippen molar-refractivity contribution in [2.75, 3.05) is 10.7 Å². The molecule has 0 N–H and O–H groups in total. The fraction of sp³-hybridized carbons (Fsp3) is 0.438. The largest absolute Gasteiger partial charge is 0.270 e. The van der Waals surface area contributed by atoms with Crippen LogP contribution in [0.25, 0.3) is 0 Å². The molecule has 5 heteroatoms. The van der Waals surface area contributed by atoms with Crippen LogP contribution in [0.4, 0.5) is 4.39 Å². The van der Waals surface area contributed by atoms with Gasteiger partial charge in [0.15, 0.2) is 0 Å². The van der Waals surface area contributed by atoms with Crippen LogP contribution in [0.15, 0.2) is 30.3 Å². The number of halogens is 3. The lowest BCUT2D eigenvalue weighted by molar-refractivity contribution is 0.507. The van der Waals surface area contributed by atoms with Gasteiger partial charge in [-0.3, -0.25) is 4.68 Å². The molecule has 2 aromatic rings. The smallest absolute Gasteiger partial charge is 0.123 e. The molecule has 0 fully saturated rings. The Hall–Kier alpha value is -0.680. The lowest BCUT2D eigenvalue weighted by Crippen LogP contribution is -2.34. The molecule has 2 nitrogen and oxygen atoms in total. The maximum Gasteiger partial charge on any atom is 0.123 e. The predicted octanol–water partition coefficient (Wildman–Crippen LogP) is 4.62. The topological polar surface area (TPSA) is 17.8 Å². The highest BCUT2D eigenvalue weighted by atomic mass is 79.9. The molecule has 1 aromatic carbocycles. The van der Waals surface area contributed by atoms with Gasteiger partial charge in [0.25, 0.3) is 0 Å². The van der Waals surface area contributed by atoms with E-state index in [-0.39, 0.29) is 11.2 Å². The van der Waals surface area contributed by atoms with Gasteiger partial charge < -0.3 is 0 Å². The van der Waals surface area contributed by atoms with E-state index in [0.717, 1.165) is 34.9 Å². The lowest BCUT2D eigenvalue weighted by Gasteiger charge is -2.31. The molecular weight excluding hydrogens is 399 g/mol. The highest BCUT2D eigenvalue weighted by Crippen LogP contribution is 2.33. The maximum atomic E-state index is 13.2. The van der Waals surface area contributed by atoms with E-state index in [4.69, 9.17) is 0 Å². The van der Waals surface area contributed by atoms with E-state index >= 15 is 0 Å². The van der Waals surface area contributed by atoms with Crippen molar-refractivity contribution in [3.05, 3.63) is 53.1 Å². The van der Waals surface area contributed by atoms with Crippen LogP contribution in [0, 0.1) is 12.7 Å². The van der Waals surface area contributed by atoms with E-state index in [1.54, 1.807) is 0 Å². The first-order valence-electron chi connectivity index (χ1n) is 6.96. The number of hydrogen-bond donors (Lipinski definition) is 0. The molecule has 0 spiro atoms. The van der Waals surface area contributed by atoms with Gasteiger partial charge in [0, 0.05) is 34.7 Å². The molecular formula is C16H19Br2FN2. The summed E-state index contributed by atoms with van der Waals surface area (Å²) in [6, 6.07) is 8.93. The minimum Gasteiger partial charge on any atom is -0.270 e. The van der Waals surface area contributed by atoms with Gasteiger partial charge in [-0.2, -0.15) is 5.10 Å². The molecule has 0 amide bonds. The molecule has 1 heterocycles. The number of rotatable bonds is 6. The second kappa shape index (κ2) is 7.05. The number of benzene rings is 1. The summed E-state index contributed by atoms with van der Waals surface area (Å²) in [5.74, 6) is -0.203. The van der Waals surface area contributed by atoms with Gasteiger partial charge in [0.2, 0.25) is 0 Å². The van der Waals surface area contributed by atoms with Crippen LogP contribution < -0.4 is 0 Å². The molecule has 21 heavy (non-hydrogen) atoms. The van der Waals surface area contributed by atoms with E-state index in [2.05, 4.69) is 49.9 Å². The zero-order chi connectivity index (χ0) is 15.5. The first-order chi connectivity index (χ1) is 10.0. The van der Waals surface area contributed by atoms with Crippen LogP contribution in [0.2, 0.25) is 0 Å². The lowest BCUT2D eigenvalue weighted by atomic mass is 9.80. The molecule has 0 radical (unpaired) electrons. The van der Waals surface area contributed by atoms with E-state index in [1.807, 2.05) is 23.7 Å². The molecule has 0 saturated heterocycles. The molecule has 1 aromatic heterocycles. The fourth-order valence-corrected chi connectivity index (χ4v) is 4.52. The number of alkyl halides is 2. The van der Waals surface area contributed by atoms with Gasteiger partial charge >= 0.3 is 0 Å². The van der Waals surface area contributed by atoms with Crippen molar-refractivity contribution < 1.29 is 4.39 Å². The highest BCUT2D eigenvalue weighted by Gasteiger charge is 2.32. The maximum absolute atomic E-state index is 13.2. The van der Waals surface area contributed by atoms with Gasteiger partial charge in [-0.25, -0.2) is 4.39 Å². The summed E-state index contributed by atoms with van der Waals surface area (Å²) in [6.45, 7) is 4.96. The molecule has 2 rings (SSSR count). The first-order valence-corrected chi connectivity index (χ1v) is 9.20. The van der Waals surface area contributed by atoms with Crippen LogP contribution >= 0.6 is 31.9 Å². The van der Waals surface area contributed by atoms with Gasteiger partial charge in [-0.1, -0.05) is 44.0 Å². The number of aryl methyl sites for hydroxylation is 2. The Bertz CT molecular complexity index is 589. The predicted molar refractivity (Wildman–Crippen MR) is 92.0 cm³/mol. The van der Waals surface area contributed by atoms with Crippen LogP contribution in [-0.2, 0) is 18.4 Å². The molecule has 0 saturated carbocycles. The van der Waals surface area contributed by atoms with E-state index in [9.17, 15) is 4.39 Å². The Morgan fingerprint density at radius 2 is 1.81 bits per heavy atom. The molecule has 0 bridgehead atoms. The number of aromatic nitrogens is 2. The fourth-order valence-electron chi connectivity index (χ4n) is 2.55. The standard InChI is InChI=1S/C16H19Br2FN2/c1-3-21-15(8-12(2)20-21)9-16(10-17,11-18)13-4-6-14(19)7-5-13/h4-8H,3,9-11H2,1-2H3. The summed E-state index contributed by atoms with van der Waals surface area (Å²) >= 11 is 7.29. The van der Waals surface area contributed by atoms with Gasteiger partial charge in [0.1, 0.15) is 5.82 Å². The second-order valence-corrected chi connectivity index (χ2v) is 6.45. The summed E-state index contributed by atoms with van der Waals surface area (Å²) in [7, 11) is 0. The normalized spacial score (nSPS) is 11.9. The van der Waals surface area contributed by atoms with E-state index in [1.165, 1.54) is 17.8 Å². The summed E-state index contributed by atoms with van der Waals surface area (Å²) in [5, 5.41) is 6.11. The van der Waals surface area contributed by atoms with Crippen molar-refractivity contribution in [1.82, 2.24) is 9.78 Å². The molecule has 0 aliphatic heterocycles. The van der Waals surface area contributed by atoms with Crippen molar-refractivity contribution in [3.8, 4) is 0 Å². The molecule has 114 valence electrons. The average molecular weight is 418 g/mol. The molecule has 0 unspecified atom stereocenters. The number of nitrogens with zero attached hydrogens (tertiary/aromatic N) is 2. The quantitative estimate of drug-likeness (QED) is 0.627. The van der Waals surface area contributed by atoms with Crippen molar-refractivity contribution in [2.45, 2.75) is 32.2 Å². The summed E-state index contributed by atoms with van der Waals surface area (Å²) in [6.07, 6.45) is 0.851. The zero-order valence-electron chi connectivity index (χ0n) is 12.2. The minimum absolute atomic E-state index is 0.118. The molecule has 0 atom stereocenters. The van der Waals surface area contributed by atoms with Gasteiger partial charge in [-0.15, -0.1) is 0 Å². The molecule has 0 aliphatic rings. The highest BCUT2D eigenvalue weighted by molar-refractivity contribution is 9.09. The van der Waals surface area contributed by atoms with Crippen molar-refractivity contribution in [2.24, 2.45) is 0 Å². The summed E-state index contributed by atoms with van der Waals surface area (Å²) < 4.78 is 15.2. The Morgan fingerprint density at radius 3 is 2.33 bits per heavy atom. The molecule has 0 aliphatic carbocycles. The van der Waals surface area contributed by atoms with E-state index in [0.29, 0.717) is 0 Å². The van der Waals surface area contributed by atoms with Crippen LogP contribution in [0.5, 0.6) is 0 Å². The van der Waals surface area contributed by atoms with Crippen molar-refractivity contribution in [1.29, 1.82) is 0 Å². The SMILES string of the molecule is CCn1nc(C)cc1CC(CBr)(CBr)c1ccc(F)cc1. The third kappa shape index (κ3) is 3.57.